The maximum atomic E-state index is 12.5. The van der Waals surface area contributed by atoms with Gasteiger partial charge in [-0.25, -0.2) is 0 Å². The molecule has 408 valence electrons. The molecule has 0 aromatic heterocycles. The van der Waals surface area contributed by atoms with Crippen molar-refractivity contribution in [3.05, 3.63) is 36.5 Å². The highest BCUT2D eigenvalue weighted by Crippen LogP contribution is 2.18. The number of carbonyl (C=O) groups excluding carboxylic acids is 1. The van der Waals surface area contributed by atoms with E-state index in [2.05, 4.69) is 43.5 Å². The molecule has 0 rings (SSSR count). The Labute approximate surface area is 433 Å². The van der Waals surface area contributed by atoms with Crippen molar-refractivity contribution in [2.24, 2.45) is 0 Å². The second kappa shape index (κ2) is 60.9. The Morgan fingerprint density at radius 1 is 0.333 bits per heavy atom. The molecule has 2 atom stereocenters. The van der Waals surface area contributed by atoms with Crippen molar-refractivity contribution in [3.63, 3.8) is 0 Å². The second-order valence-corrected chi connectivity index (χ2v) is 21.8. The van der Waals surface area contributed by atoms with Crippen LogP contribution in [0.4, 0.5) is 0 Å². The molecule has 0 saturated heterocycles. The van der Waals surface area contributed by atoms with E-state index in [0.717, 1.165) is 38.5 Å². The van der Waals surface area contributed by atoms with E-state index in [-0.39, 0.29) is 12.5 Å². The minimum Gasteiger partial charge on any atom is -0.394 e. The third kappa shape index (κ3) is 57.4. The van der Waals surface area contributed by atoms with Crippen LogP contribution in [0.2, 0.25) is 0 Å². The van der Waals surface area contributed by atoms with Gasteiger partial charge in [0.2, 0.25) is 5.91 Å². The van der Waals surface area contributed by atoms with E-state index in [9.17, 15) is 15.0 Å². The summed E-state index contributed by atoms with van der Waals surface area (Å²) in [4.78, 5) is 12.5. The molecule has 69 heavy (non-hydrogen) atoms. The van der Waals surface area contributed by atoms with Crippen molar-refractivity contribution in [3.8, 4) is 0 Å². The van der Waals surface area contributed by atoms with Gasteiger partial charge in [0, 0.05) is 6.42 Å². The van der Waals surface area contributed by atoms with E-state index >= 15 is 0 Å². The van der Waals surface area contributed by atoms with Gasteiger partial charge in [0.05, 0.1) is 18.8 Å². The molecule has 0 aliphatic rings. The predicted molar refractivity (Wildman–Crippen MR) is 308 cm³/mol. The Bertz CT molecular complexity index is 1050. The SMILES string of the molecule is CCCCCCCCCCCCCCCCCC/C=C/CC/C=C/CC/C=C/C(O)C(CO)NC(=O)CCCCCCCCCCCCCCCCCCCCCCCCCCCCCCCCC. The van der Waals surface area contributed by atoms with Gasteiger partial charge >= 0.3 is 0 Å². The van der Waals surface area contributed by atoms with E-state index < -0.39 is 12.1 Å². The Morgan fingerprint density at radius 2 is 0.565 bits per heavy atom. The van der Waals surface area contributed by atoms with Crippen molar-refractivity contribution in [2.45, 2.75) is 366 Å². The molecule has 0 spiro atoms. The van der Waals surface area contributed by atoms with Crippen LogP contribution in [-0.2, 0) is 4.79 Å². The lowest BCUT2D eigenvalue weighted by molar-refractivity contribution is -0.123. The minimum absolute atomic E-state index is 0.0705. The molecule has 0 aliphatic heterocycles. The standard InChI is InChI=1S/C65H125NO3/c1-3-5-7-9-11-13-15-17-19-21-23-25-27-29-31-32-33-34-35-37-39-41-43-45-47-49-51-53-55-57-59-61-65(69)66-63(62-67)64(68)60-58-56-54-52-50-48-46-44-42-40-38-36-30-28-26-24-22-20-18-16-14-12-10-8-6-4-2/h42,44,50,52,58,60,63-64,67-68H,3-41,43,45-49,51,53-57,59,61-62H2,1-2H3,(H,66,69)/b44-42+,52-50+,60-58+. The van der Waals surface area contributed by atoms with Gasteiger partial charge in [0.25, 0.3) is 0 Å². The molecular formula is C65H125NO3. The first-order valence-electron chi connectivity index (χ1n) is 31.7. The van der Waals surface area contributed by atoms with E-state index in [1.165, 1.54) is 295 Å². The largest absolute Gasteiger partial charge is 0.394 e. The van der Waals surface area contributed by atoms with Gasteiger partial charge in [-0.1, -0.05) is 339 Å². The number of aliphatic hydroxyl groups excluding tert-OH is 2. The van der Waals surface area contributed by atoms with Crippen molar-refractivity contribution < 1.29 is 15.0 Å². The zero-order valence-corrected chi connectivity index (χ0v) is 47.1. The number of unbranched alkanes of at least 4 members (excludes halogenated alkanes) is 48. The van der Waals surface area contributed by atoms with Crippen LogP contribution >= 0.6 is 0 Å². The van der Waals surface area contributed by atoms with Crippen LogP contribution in [-0.4, -0.2) is 34.9 Å². The summed E-state index contributed by atoms with van der Waals surface area (Å²) in [6.07, 6.45) is 83.5. The van der Waals surface area contributed by atoms with Gasteiger partial charge in [0.1, 0.15) is 0 Å². The van der Waals surface area contributed by atoms with E-state index in [1.807, 2.05) is 6.08 Å². The zero-order chi connectivity index (χ0) is 49.9. The molecule has 0 aromatic carbocycles. The molecule has 0 fully saturated rings. The lowest BCUT2D eigenvalue weighted by atomic mass is 10.0. The number of hydrogen-bond donors (Lipinski definition) is 3. The van der Waals surface area contributed by atoms with Crippen LogP contribution in [0.15, 0.2) is 36.5 Å². The monoisotopic (exact) mass is 968 g/mol. The average molecular weight is 969 g/mol. The summed E-state index contributed by atoms with van der Waals surface area (Å²) in [6.45, 7) is 4.34. The smallest absolute Gasteiger partial charge is 0.220 e. The quantitative estimate of drug-likeness (QED) is 0.0420. The Balaban J connectivity index is 3.48. The normalized spacial score (nSPS) is 12.9. The molecule has 0 aliphatic carbocycles. The first-order chi connectivity index (χ1) is 34.2. The number of rotatable bonds is 59. The van der Waals surface area contributed by atoms with E-state index in [0.29, 0.717) is 6.42 Å². The van der Waals surface area contributed by atoms with Crippen LogP contribution in [0.3, 0.4) is 0 Å². The van der Waals surface area contributed by atoms with Gasteiger partial charge in [-0.15, -0.1) is 0 Å². The zero-order valence-electron chi connectivity index (χ0n) is 47.1. The van der Waals surface area contributed by atoms with E-state index in [4.69, 9.17) is 0 Å². The molecule has 2 unspecified atom stereocenters. The van der Waals surface area contributed by atoms with Crippen LogP contribution in [0, 0.1) is 0 Å². The summed E-state index contributed by atoms with van der Waals surface area (Å²) < 4.78 is 0. The Morgan fingerprint density at radius 3 is 0.841 bits per heavy atom. The summed E-state index contributed by atoms with van der Waals surface area (Å²) in [5, 5.41) is 23.2. The number of aliphatic hydroxyl groups is 2. The Kier molecular flexibility index (Phi) is 59.7. The third-order valence-electron chi connectivity index (χ3n) is 14.9. The highest BCUT2D eigenvalue weighted by Gasteiger charge is 2.18. The van der Waals surface area contributed by atoms with Gasteiger partial charge in [-0.3, -0.25) is 4.79 Å². The average Bonchev–Trinajstić information content (AvgIpc) is 3.35. The lowest BCUT2D eigenvalue weighted by Gasteiger charge is -2.19. The van der Waals surface area contributed by atoms with Gasteiger partial charge in [0.15, 0.2) is 0 Å². The molecule has 3 N–H and O–H groups in total. The fourth-order valence-electron chi connectivity index (χ4n) is 10.0. The van der Waals surface area contributed by atoms with Crippen LogP contribution < -0.4 is 5.32 Å². The van der Waals surface area contributed by atoms with Crippen molar-refractivity contribution in [1.29, 1.82) is 0 Å². The molecule has 1 amide bonds. The van der Waals surface area contributed by atoms with Crippen molar-refractivity contribution >= 4 is 5.91 Å². The molecule has 0 saturated carbocycles. The number of allylic oxidation sites excluding steroid dienone is 5. The van der Waals surface area contributed by atoms with Crippen LogP contribution in [0.5, 0.6) is 0 Å². The summed E-state index contributed by atoms with van der Waals surface area (Å²) >= 11 is 0. The molecule has 0 heterocycles. The summed E-state index contributed by atoms with van der Waals surface area (Å²) in [7, 11) is 0. The van der Waals surface area contributed by atoms with Gasteiger partial charge in [-0.2, -0.15) is 0 Å². The second-order valence-electron chi connectivity index (χ2n) is 21.8. The van der Waals surface area contributed by atoms with Crippen LogP contribution in [0.1, 0.15) is 354 Å². The van der Waals surface area contributed by atoms with Gasteiger partial charge in [-0.05, 0) is 44.9 Å². The highest BCUT2D eigenvalue weighted by molar-refractivity contribution is 5.76. The first-order valence-corrected chi connectivity index (χ1v) is 31.7. The molecular weight excluding hydrogens is 843 g/mol. The summed E-state index contributed by atoms with van der Waals surface area (Å²) in [5.74, 6) is -0.0705. The fourth-order valence-corrected chi connectivity index (χ4v) is 10.0. The number of carbonyl (C=O) groups is 1. The fraction of sp³-hybridized carbons (Fsp3) is 0.892. The summed E-state index contributed by atoms with van der Waals surface area (Å²) in [5.41, 5.74) is 0. The van der Waals surface area contributed by atoms with Gasteiger partial charge < -0.3 is 15.5 Å². The van der Waals surface area contributed by atoms with Crippen molar-refractivity contribution in [1.82, 2.24) is 5.32 Å². The molecule has 4 nitrogen and oxygen atoms in total. The number of amides is 1. The maximum Gasteiger partial charge on any atom is 0.220 e. The predicted octanol–water partition coefficient (Wildman–Crippen LogP) is 21.2. The molecule has 4 heteroatoms. The molecule has 0 radical (unpaired) electrons. The third-order valence-corrected chi connectivity index (χ3v) is 14.9. The maximum absolute atomic E-state index is 12.5. The number of hydrogen-bond acceptors (Lipinski definition) is 3. The topological polar surface area (TPSA) is 69.6 Å². The first kappa shape index (κ1) is 67.6. The van der Waals surface area contributed by atoms with Crippen LogP contribution in [0.25, 0.3) is 0 Å². The van der Waals surface area contributed by atoms with Crippen molar-refractivity contribution in [2.75, 3.05) is 6.61 Å². The number of nitrogens with one attached hydrogen (secondary N) is 1. The lowest BCUT2D eigenvalue weighted by Crippen LogP contribution is -2.45. The molecule has 0 aromatic rings. The Hall–Kier alpha value is -1.39. The van der Waals surface area contributed by atoms with E-state index in [1.54, 1.807) is 6.08 Å². The summed E-state index contributed by atoms with van der Waals surface area (Å²) in [6, 6.07) is -0.645. The highest BCUT2D eigenvalue weighted by atomic mass is 16.3. The molecule has 0 bridgehead atoms. The minimum atomic E-state index is -0.870.